The summed E-state index contributed by atoms with van der Waals surface area (Å²) in [5, 5.41) is 16.6. The summed E-state index contributed by atoms with van der Waals surface area (Å²) in [5.41, 5.74) is 2.81. The second-order valence-electron chi connectivity index (χ2n) is 7.98. The van der Waals surface area contributed by atoms with Crippen molar-refractivity contribution in [1.82, 2.24) is 4.90 Å². The molecule has 0 atom stereocenters. The highest BCUT2D eigenvalue weighted by molar-refractivity contribution is 6.08. The molecule has 1 heterocycles. The summed E-state index contributed by atoms with van der Waals surface area (Å²) in [6.45, 7) is 9.42. The number of benzene rings is 2. The van der Waals surface area contributed by atoms with Crippen LogP contribution in [-0.4, -0.2) is 41.6 Å². The van der Waals surface area contributed by atoms with E-state index in [9.17, 15) is 9.90 Å². The number of halogens is 1. The van der Waals surface area contributed by atoms with Crippen molar-refractivity contribution >= 4 is 29.7 Å². The third-order valence-electron chi connectivity index (χ3n) is 5.51. The van der Waals surface area contributed by atoms with Crippen molar-refractivity contribution < 1.29 is 9.90 Å². The molecule has 0 aliphatic carbocycles. The van der Waals surface area contributed by atoms with E-state index in [0.29, 0.717) is 23.2 Å². The molecule has 2 aromatic rings. The standard InChI is InChI=1S/C23H31N3O2.ClH/c1-16(2)26-12-10-18(11-13-26)15-24-22-20(8-5-9-21(22)27)23(28)25-19-7-4-6-17(3)14-19;/h4-9,14,16,18,24,27H,10-13,15H2,1-3H3,(H,25,28);1H. The van der Waals surface area contributed by atoms with Gasteiger partial charge in [0.15, 0.2) is 0 Å². The highest BCUT2D eigenvalue weighted by Gasteiger charge is 2.22. The summed E-state index contributed by atoms with van der Waals surface area (Å²) in [6.07, 6.45) is 2.26. The van der Waals surface area contributed by atoms with Crippen LogP contribution in [0.25, 0.3) is 0 Å². The SMILES string of the molecule is Cc1cccc(NC(=O)c2cccc(O)c2NCC2CCN(C(C)C)CC2)c1.Cl. The number of nitrogens with zero attached hydrogens (tertiary/aromatic N) is 1. The molecule has 0 saturated carbocycles. The number of amides is 1. The number of hydrogen-bond acceptors (Lipinski definition) is 4. The molecule has 0 spiro atoms. The summed E-state index contributed by atoms with van der Waals surface area (Å²) in [6, 6.07) is 13.3. The Bertz CT molecular complexity index is 818. The first kappa shape index (κ1) is 23.0. The van der Waals surface area contributed by atoms with E-state index in [4.69, 9.17) is 0 Å². The van der Waals surface area contributed by atoms with Crippen LogP contribution in [0.4, 0.5) is 11.4 Å². The van der Waals surface area contributed by atoms with Crippen LogP contribution in [0.3, 0.4) is 0 Å². The van der Waals surface area contributed by atoms with E-state index in [0.717, 1.165) is 43.7 Å². The monoisotopic (exact) mass is 417 g/mol. The van der Waals surface area contributed by atoms with Gasteiger partial charge in [-0.3, -0.25) is 4.79 Å². The topological polar surface area (TPSA) is 64.6 Å². The summed E-state index contributed by atoms with van der Waals surface area (Å²) in [5.74, 6) is 0.428. The van der Waals surface area contributed by atoms with Gasteiger partial charge in [-0.1, -0.05) is 18.2 Å². The van der Waals surface area contributed by atoms with E-state index >= 15 is 0 Å². The quantitative estimate of drug-likeness (QED) is 0.584. The molecular formula is C23H32ClN3O2. The maximum atomic E-state index is 12.8. The number of anilines is 2. The van der Waals surface area contributed by atoms with Gasteiger partial charge >= 0.3 is 0 Å². The van der Waals surface area contributed by atoms with Gasteiger partial charge in [0.05, 0.1) is 11.3 Å². The molecule has 1 aliphatic rings. The zero-order valence-electron chi connectivity index (χ0n) is 17.4. The molecule has 1 saturated heterocycles. The highest BCUT2D eigenvalue weighted by atomic mass is 35.5. The van der Waals surface area contributed by atoms with Gasteiger partial charge in [-0.2, -0.15) is 0 Å². The number of nitrogens with one attached hydrogen (secondary N) is 2. The number of piperidine rings is 1. The van der Waals surface area contributed by atoms with Gasteiger partial charge in [-0.15, -0.1) is 12.4 Å². The Morgan fingerprint density at radius 2 is 1.86 bits per heavy atom. The molecule has 3 rings (SSSR count). The summed E-state index contributed by atoms with van der Waals surface area (Å²) < 4.78 is 0. The van der Waals surface area contributed by atoms with Gasteiger partial charge in [-0.25, -0.2) is 0 Å². The van der Waals surface area contributed by atoms with Crippen LogP contribution in [0.1, 0.15) is 42.6 Å². The van der Waals surface area contributed by atoms with Crippen molar-refractivity contribution in [3.8, 4) is 5.75 Å². The first-order valence-corrected chi connectivity index (χ1v) is 10.1. The Kier molecular flexibility index (Phi) is 8.35. The normalized spacial score (nSPS) is 15.0. The number of phenolic OH excluding ortho intramolecular Hbond substituents is 1. The lowest BCUT2D eigenvalue weighted by Crippen LogP contribution is -2.39. The Morgan fingerprint density at radius 1 is 1.17 bits per heavy atom. The van der Waals surface area contributed by atoms with Crippen LogP contribution in [0.5, 0.6) is 5.75 Å². The van der Waals surface area contributed by atoms with Crippen molar-refractivity contribution in [2.45, 2.75) is 39.7 Å². The zero-order valence-corrected chi connectivity index (χ0v) is 18.3. The molecule has 3 N–H and O–H groups in total. The van der Waals surface area contributed by atoms with Crippen LogP contribution in [0, 0.1) is 12.8 Å². The molecule has 0 bridgehead atoms. The minimum absolute atomic E-state index is 0. The smallest absolute Gasteiger partial charge is 0.257 e. The van der Waals surface area contributed by atoms with Gasteiger partial charge in [0.25, 0.3) is 5.91 Å². The van der Waals surface area contributed by atoms with Crippen LogP contribution < -0.4 is 10.6 Å². The van der Waals surface area contributed by atoms with Gasteiger partial charge in [0, 0.05) is 18.3 Å². The van der Waals surface area contributed by atoms with E-state index < -0.39 is 0 Å². The van der Waals surface area contributed by atoms with Crippen molar-refractivity contribution in [2.24, 2.45) is 5.92 Å². The molecule has 1 amide bonds. The number of phenols is 1. The number of likely N-dealkylation sites (tertiary alicyclic amines) is 1. The van der Waals surface area contributed by atoms with E-state index in [2.05, 4.69) is 29.4 Å². The zero-order chi connectivity index (χ0) is 20.1. The van der Waals surface area contributed by atoms with E-state index in [1.807, 2.05) is 31.2 Å². The molecule has 29 heavy (non-hydrogen) atoms. The third kappa shape index (κ3) is 6.12. The van der Waals surface area contributed by atoms with Crippen molar-refractivity contribution in [3.05, 3.63) is 53.6 Å². The molecule has 0 aromatic heterocycles. The second-order valence-corrected chi connectivity index (χ2v) is 7.98. The largest absolute Gasteiger partial charge is 0.506 e. The van der Waals surface area contributed by atoms with Crippen LogP contribution >= 0.6 is 12.4 Å². The predicted octanol–water partition coefficient (Wildman–Crippen LogP) is 4.91. The lowest BCUT2D eigenvalue weighted by atomic mass is 9.95. The molecule has 158 valence electrons. The van der Waals surface area contributed by atoms with Crippen molar-refractivity contribution in [2.75, 3.05) is 30.3 Å². The Labute approximate surface area is 179 Å². The Hall–Kier alpha value is -2.24. The third-order valence-corrected chi connectivity index (χ3v) is 5.51. The highest BCUT2D eigenvalue weighted by Crippen LogP contribution is 2.29. The number of aryl methyl sites for hydroxylation is 1. The van der Waals surface area contributed by atoms with Crippen molar-refractivity contribution in [3.63, 3.8) is 0 Å². The average Bonchev–Trinajstić information content (AvgIpc) is 2.67. The average molecular weight is 418 g/mol. The molecule has 2 aromatic carbocycles. The van der Waals surface area contributed by atoms with E-state index in [1.165, 1.54) is 0 Å². The fraction of sp³-hybridized carbons (Fsp3) is 0.435. The van der Waals surface area contributed by atoms with E-state index in [1.54, 1.807) is 18.2 Å². The van der Waals surface area contributed by atoms with Gasteiger partial charge in [0.2, 0.25) is 0 Å². The summed E-state index contributed by atoms with van der Waals surface area (Å²) in [7, 11) is 0. The maximum absolute atomic E-state index is 12.8. The number of carbonyl (C=O) groups is 1. The van der Waals surface area contributed by atoms with Crippen LogP contribution in [0.15, 0.2) is 42.5 Å². The molecule has 1 fully saturated rings. The van der Waals surface area contributed by atoms with E-state index in [-0.39, 0.29) is 24.1 Å². The lowest BCUT2D eigenvalue weighted by molar-refractivity contribution is 0.102. The van der Waals surface area contributed by atoms with Crippen LogP contribution in [0.2, 0.25) is 0 Å². The predicted molar refractivity (Wildman–Crippen MR) is 122 cm³/mol. The Balaban J connectivity index is 0.00000300. The molecule has 0 radical (unpaired) electrons. The Morgan fingerprint density at radius 3 is 2.52 bits per heavy atom. The maximum Gasteiger partial charge on any atom is 0.257 e. The number of rotatable bonds is 6. The summed E-state index contributed by atoms with van der Waals surface area (Å²) in [4.78, 5) is 15.3. The molecule has 6 heteroatoms. The van der Waals surface area contributed by atoms with Crippen molar-refractivity contribution in [1.29, 1.82) is 0 Å². The number of para-hydroxylation sites is 1. The molecule has 5 nitrogen and oxygen atoms in total. The molecule has 0 unspecified atom stereocenters. The van der Waals surface area contributed by atoms with Crippen LogP contribution in [-0.2, 0) is 0 Å². The summed E-state index contributed by atoms with van der Waals surface area (Å²) >= 11 is 0. The van der Waals surface area contributed by atoms with Gasteiger partial charge < -0.3 is 20.6 Å². The molecular weight excluding hydrogens is 386 g/mol. The van der Waals surface area contributed by atoms with Gasteiger partial charge in [0.1, 0.15) is 5.75 Å². The first-order valence-electron chi connectivity index (χ1n) is 10.1. The fourth-order valence-corrected chi connectivity index (χ4v) is 3.76. The second kappa shape index (κ2) is 10.5. The number of aromatic hydroxyl groups is 1. The number of carbonyl (C=O) groups excluding carboxylic acids is 1. The minimum Gasteiger partial charge on any atom is -0.506 e. The lowest BCUT2D eigenvalue weighted by Gasteiger charge is -2.34. The minimum atomic E-state index is -0.223. The number of hydrogen-bond donors (Lipinski definition) is 3. The molecule has 1 aliphatic heterocycles. The first-order chi connectivity index (χ1) is 13.4. The fourth-order valence-electron chi connectivity index (χ4n) is 3.76. The van der Waals surface area contributed by atoms with Gasteiger partial charge in [-0.05, 0) is 82.4 Å².